The predicted octanol–water partition coefficient (Wildman–Crippen LogP) is 1.48. The summed E-state index contributed by atoms with van der Waals surface area (Å²) >= 11 is 0. The molecule has 0 bridgehead atoms. The average Bonchev–Trinajstić information content (AvgIpc) is 2.83. The van der Waals surface area contributed by atoms with Crippen molar-refractivity contribution in [1.82, 2.24) is 4.31 Å². The Morgan fingerprint density at radius 1 is 1.29 bits per heavy atom. The van der Waals surface area contributed by atoms with E-state index in [1.54, 1.807) is 6.07 Å². The molecule has 0 atom stereocenters. The van der Waals surface area contributed by atoms with Gasteiger partial charge in [-0.3, -0.25) is 0 Å². The highest BCUT2D eigenvalue weighted by molar-refractivity contribution is 7.89. The lowest BCUT2D eigenvalue weighted by Crippen LogP contribution is -2.28. The summed E-state index contributed by atoms with van der Waals surface area (Å²) in [5.74, 6) is -0.651. The van der Waals surface area contributed by atoms with Crippen molar-refractivity contribution < 1.29 is 12.8 Å². The predicted molar refractivity (Wildman–Crippen MR) is 59.1 cm³/mol. The van der Waals surface area contributed by atoms with E-state index in [4.69, 9.17) is 5.26 Å². The zero-order chi connectivity index (χ0) is 12.5. The molecule has 0 aliphatic carbocycles. The largest absolute Gasteiger partial charge is 0.244 e. The summed E-state index contributed by atoms with van der Waals surface area (Å²) in [6.07, 6.45) is 1.60. The molecule has 90 valence electrons. The van der Waals surface area contributed by atoms with Gasteiger partial charge in [0, 0.05) is 13.1 Å². The molecule has 0 radical (unpaired) electrons. The van der Waals surface area contributed by atoms with Crippen molar-refractivity contribution >= 4 is 10.0 Å². The Hall–Kier alpha value is -1.45. The van der Waals surface area contributed by atoms with Crippen LogP contribution in [0.5, 0.6) is 0 Å². The number of nitrogens with zero attached hydrogens (tertiary/aromatic N) is 2. The van der Waals surface area contributed by atoms with Gasteiger partial charge in [-0.05, 0) is 31.0 Å². The Balaban J connectivity index is 2.52. The number of rotatable bonds is 2. The highest BCUT2D eigenvalue weighted by Gasteiger charge is 2.29. The lowest BCUT2D eigenvalue weighted by molar-refractivity contribution is 0.476. The van der Waals surface area contributed by atoms with Gasteiger partial charge < -0.3 is 0 Å². The zero-order valence-electron chi connectivity index (χ0n) is 9.06. The molecule has 1 aromatic rings. The lowest BCUT2D eigenvalue weighted by Gasteiger charge is -2.16. The third kappa shape index (κ3) is 2.16. The summed E-state index contributed by atoms with van der Waals surface area (Å²) in [6, 6.07) is 4.97. The van der Waals surface area contributed by atoms with Crippen molar-refractivity contribution in [2.24, 2.45) is 0 Å². The minimum atomic E-state index is -3.73. The molecule has 17 heavy (non-hydrogen) atoms. The summed E-state index contributed by atoms with van der Waals surface area (Å²) in [7, 11) is -3.73. The quantitative estimate of drug-likeness (QED) is 0.803. The highest BCUT2D eigenvalue weighted by atomic mass is 32.2. The summed E-state index contributed by atoms with van der Waals surface area (Å²) in [5, 5.41) is 8.86. The Bertz CT molecular complexity index is 572. The Morgan fingerprint density at radius 2 is 1.94 bits per heavy atom. The van der Waals surface area contributed by atoms with Gasteiger partial charge in [-0.25, -0.2) is 12.8 Å². The first kappa shape index (κ1) is 12.0. The van der Waals surface area contributed by atoms with Gasteiger partial charge in [0.1, 0.15) is 16.8 Å². The maximum atomic E-state index is 13.1. The van der Waals surface area contributed by atoms with Gasteiger partial charge in [0.25, 0.3) is 0 Å². The van der Waals surface area contributed by atoms with Gasteiger partial charge in [0.05, 0.1) is 5.56 Å². The molecule has 1 saturated heterocycles. The van der Waals surface area contributed by atoms with E-state index in [1.165, 1.54) is 10.4 Å². The zero-order valence-corrected chi connectivity index (χ0v) is 9.87. The van der Waals surface area contributed by atoms with Gasteiger partial charge in [-0.15, -0.1) is 0 Å². The fourth-order valence-corrected chi connectivity index (χ4v) is 3.54. The molecule has 1 aliphatic heterocycles. The monoisotopic (exact) mass is 254 g/mol. The van der Waals surface area contributed by atoms with Crippen LogP contribution in [-0.4, -0.2) is 25.8 Å². The van der Waals surface area contributed by atoms with E-state index in [0.717, 1.165) is 25.0 Å². The molecule has 0 unspecified atom stereocenters. The van der Waals surface area contributed by atoms with E-state index in [2.05, 4.69) is 0 Å². The summed E-state index contributed by atoms with van der Waals surface area (Å²) < 4.78 is 38.8. The number of sulfonamides is 1. The minimum absolute atomic E-state index is 0.0155. The summed E-state index contributed by atoms with van der Waals surface area (Å²) in [5.41, 5.74) is -0.0155. The van der Waals surface area contributed by atoms with Crippen LogP contribution in [0.4, 0.5) is 4.39 Å². The van der Waals surface area contributed by atoms with Crippen LogP contribution >= 0.6 is 0 Å². The van der Waals surface area contributed by atoms with Crippen molar-refractivity contribution in [2.45, 2.75) is 17.7 Å². The topological polar surface area (TPSA) is 61.2 Å². The van der Waals surface area contributed by atoms with Crippen molar-refractivity contribution in [3.8, 4) is 6.07 Å². The van der Waals surface area contributed by atoms with Gasteiger partial charge in [-0.1, -0.05) is 0 Å². The summed E-state index contributed by atoms with van der Waals surface area (Å²) in [6.45, 7) is 0.868. The number of nitriles is 1. The second-order valence-electron chi connectivity index (χ2n) is 3.86. The van der Waals surface area contributed by atoms with Crippen LogP contribution in [0.15, 0.2) is 23.1 Å². The van der Waals surface area contributed by atoms with Gasteiger partial charge in [0.2, 0.25) is 10.0 Å². The van der Waals surface area contributed by atoms with Crippen molar-refractivity contribution in [3.63, 3.8) is 0 Å². The lowest BCUT2D eigenvalue weighted by atomic mass is 10.2. The Morgan fingerprint density at radius 3 is 2.53 bits per heavy atom. The molecular formula is C11H11FN2O2S. The SMILES string of the molecule is N#Cc1ccc(F)cc1S(=O)(=O)N1CCCC1. The van der Waals surface area contributed by atoms with Gasteiger partial charge in [0.15, 0.2) is 0 Å². The van der Waals surface area contributed by atoms with Crippen molar-refractivity contribution in [2.75, 3.05) is 13.1 Å². The Labute approximate surface area is 99.3 Å². The number of hydrogen-bond acceptors (Lipinski definition) is 3. The maximum Gasteiger partial charge on any atom is 0.244 e. The van der Waals surface area contributed by atoms with E-state index in [-0.39, 0.29) is 10.5 Å². The third-order valence-electron chi connectivity index (χ3n) is 2.75. The maximum absolute atomic E-state index is 13.1. The van der Waals surface area contributed by atoms with Crippen molar-refractivity contribution in [1.29, 1.82) is 5.26 Å². The third-order valence-corrected chi connectivity index (χ3v) is 4.69. The smallest absolute Gasteiger partial charge is 0.207 e. The van der Waals surface area contributed by atoms with E-state index < -0.39 is 15.8 Å². The van der Waals surface area contributed by atoms with Crippen LogP contribution in [0.3, 0.4) is 0 Å². The molecule has 4 nitrogen and oxygen atoms in total. The van der Waals surface area contributed by atoms with Crippen LogP contribution in [-0.2, 0) is 10.0 Å². The van der Waals surface area contributed by atoms with Crippen LogP contribution < -0.4 is 0 Å². The Kier molecular flexibility index (Phi) is 3.13. The molecule has 2 rings (SSSR count). The fourth-order valence-electron chi connectivity index (χ4n) is 1.87. The van der Waals surface area contributed by atoms with Gasteiger partial charge >= 0.3 is 0 Å². The van der Waals surface area contributed by atoms with E-state index in [0.29, 0.717) is 13.1 Å². The normalized spacial score (nSPS) is 16.9. The molecule has 1 aromatic carbocycles. The van der Waals surface area contributed by atoms with Crippen LogP contribution in [0.25, 0.3) is 0 Å². The first-order chi connectivity index (χ1) is 8.05. The molecule has 1 heterocycles. The molecule has 6 heteroatoms. The molecule has 0 spiro atoms. The second-order valence-corrected chi connectivity index (χ2v) is 5.77. The second kappa shape index (κ2) is 4.43. The number of halogens is 1. The average molecular weight is 254 g/mol. The molecular weight excluding hydrogens is 243 g/mol. The molecule has 1 aliphatic rings. The molecule has 0 amide bonds. The molecule has 0 saturated carbocycles. The van der Waals surface area contributed by atoms with Crippen LogP contribution in [0.2, 0.25) is 0 Å². The highest BCUT2D eigenvalue weighted by Crippen LogP contribution is 2.24. The molecule has 0 aromatic heterocycles. The number of hydrogen-bond donors (Lipinski definition) is 0. The van der Waals surface area contributed by atoms with Gasteiger partial charge in [-0.2, -0.15) is 9.57 Å². The van der Waals surface area contributed by atoms with Crippen LogP contribution in [0.1, 0.15) is 18.4 Å². The fraction of sp³-hybridized carbons (Fsp3) is 0.364. The van der Waals surface area contributed by atoms with Crippen molar-refractivity contribution in [3.05, 3.63) is 29.6 Å². The molecule has 0 N–H and O–H groups in total. The standard InChI is InChI=1S/C11H11FN2O2S/c12-10-4-3-9(8-13)11(7-10)17(15,16)14-5-1-2-6-14/h3-4,7H,1-2,5-6H2. The van der Waals surface area contributed by atoms with Crippen LogP contribution in [0, 0.1) is 17.1 Å². The first-order valence-corrected chi connectivity index (χ1v) is 6.69. The number of benzene rings is 1. The van der Waals surface area contributed by atoms with E-state index in [9.17, 15) is 12.8 Å². The summed E-state index contributed by atoms with van der Waals surface area (Å²) in [4.78, 5) is -0.234. The minimum Gasteiger partial charge on any atom is -0.207 e. The first-order valence-electron chi connectivity index (χ1n) is 5.25. The molecule has 1 fully saturated rings. The van der Waals surface area contributed by atoms with E-state index in [1.807, 2.05) is 0 Å². The van der Waals surface area contributed by atoms with E-state index >= 15 is 0 Å².